The molecule has 2 heterocycles. The number of ether oxygens (including phenoxy) is 4. The van der Waals surface area contributed by atoms with Crippen LogP contribution in [-0.4, -0.2) is 48.9 Å². The Morgan fingerprint density at radius 1 is 1.00 bits per heavy atom. The van der Waals surface area contributed by atoms with Crippen molar-refractivity contribution in [1.29, 1.82) is 0 Å². The van der Waals surface area contributed by atoms with Crippen LogP contribution in [0.3, 0.4) is 0 Å². The zero-order valence-corrected chi connectivity index (χ0v) is 24.3. The number of hydrogen-bond acceptors (Lipinski definition) is 7. The average molecular weight is 533 g/mol. The highest BCUT2D eigenvalue weighted by Gasteiger charge is 2.67. The van der Waals surface area contributed by atoms with Crippen molar-refractivity contribution < 1.29 is 33.3 Å². The first-order valence-corrected chi connectivity index (χ1v) is 15.1. The monoisotopic (exact) mass is 532 g/mol. The molecule has 2 aliphatic heterocycles. The fraction of sp³-hybridized carbons (Fsp3) is 0.903. The highest BCUT2D eigenvalue weighted by Crippen LogP contribution is 2.66. The van der Waals surface area contributed by atoms with Crippen molar-refractivity contribution in [3.8, 4) is 0 Å². The number of hydrogen-bond donors (Lipinski definition) is 0. The lowest BCUT2D eigenvalue weighted by molar-refractivity contribution is -0.272. The van der Waals surface area contributed by atoms with E-state index in [2.05, 4.69) is 27.7 Å². The molecule has 7 heteroatoms. The van der Waals surface area contributed by atoms with Gasteiger partial charge in [-0.1, -0.05) is 27.7 Å². The van der Waals surface area contributed by atoms with Crippen LogP contribution in [0.15, 0.2) is 0 Å². The van der Waals surface area contributed by atoms with E-state index in [4.69, 9.17) is 18.9 Å². The molecule has 0 radical (unpaired) electrons. The largest absolute Gasteiger partial charge is 0.466 e. The number of carbonyl (C=O) groups excluding carboxylic acids is 3. The minimum atomic E-state index is -0.530. The third-order valence-corrected chi connectivity index (χ3v) is 11.6. The van der Waals surface area contributed by atoms with Gasteiger partial charge in [-0.25, -0.2) is 0 Å². The molecule has 11 atom stereocenters. The van der Waals surface area contributed by atoms with Gasteiger partial charge >= 0.3 is 11.9 Å². The van der Waals surface area contributed by atoms with E-state index in [9.17, 15) is 14.4 Å². The summed E-state index contributed by atoms with van der Waals surface area (Å²) in [6.45, 7) is 13.0. The molecule has 7 nitrogen and oxygen atoms in total. The zero-order chi connectivity index (χ0) is 27.5. The van der Waals surface area contributed by atoms with Gasteiger partial charge < -0.3 is 18.9 Å². The first kappa shape index (κ1) is 28.1. The highest BCUT2D eigenvalue weighted by molar-refractivity contribution is 5.88. The van der Waals surface area contributed by atoms with Crippen molar-refractivity contribution in [2.75, 3.05) is 13.2 Å². The van der Waals surface area contributed by atoms with Crippen LogP contribution >= 0.6 is 0 Å². The van der Waals surface area contributed by atoms with E-state index in [0.717, 1.165) is 64.4 Å². The third-order valence-electron chi connectivity index (χ3n) is 11.6. The Hall–Kier alpha value is -1.47. The number of Topliss-reactive ketones (excluding diaryl/α,β-unsaturated/α-hetero) is 1. The minimum Gasteiger partial charge on any atom is -0.466 e. The Morgan fingerprint density at radius 3 is 2.42 bits per heavy atom. The lowest BCUT2D eigenvalue weighted by atomic mass is 9.52. The molecule has 214 valence electrons. The molecular weight excluding hydrogens is 484 g/mol. The number of fused-ring (bicyclic) bond motifs is 2. The van der Waals surface area contributed by atoms with Crippen LogP contribution < -0.4 is 0 Å². The molecule has 3 saturated carbocycles. The Kier molecular flexibility index (Phi) is 7.52. The van der Waals surface area contributed by atoms with Crippen molar-refractivity contribution >= 4 is 17.7 Å². The van der Waals surface area contributed by atoms with Gasteiger partial charge in [0, 0.05) is 37.5 Å². The minimum absolute atomic E-state index is 0.0199. The van der Waals surface area contributed by atoms with Gasteiger partial charge in [-0.3, -0.25) is 14.4 Å². The van der Waals surface area contributed by atoms with Crippen LogP contribution in [0.25, 0.3) is 0 Å². The lowest BCUT2D eigenvalue weighted by Gasteiger charge is -2.52. The molecule has 3 aliphatic carbocycles. The summed E-state index contributed by atoms with van der Waals surface area (Å²) in [6, 6.07) is 0. The number of carbonyl (C=O) groups is 3. The third kappa shape index (κ3) is 4.63. The van der Waals surface area contributed by atoms with Crippen LogP contribution in [0.5, 0.6) is 0 Å². The maximum absolute atomic E-state index is 14.3. The Balaban J connectivity index is 1.38. The molecule has 38 heavy (non-hydrogen) atoms. The van der Waals surface area contributed by atoms with Crippen LogP contribution in [-0.2, 0) is 33.3 Å². The lowest BCUT2D eigenvalue weighted by Crippen LogP contribution is -2.53. The normalized spacial score (nSPS) is 48.4. The topological polar surface area (TPSA) is 88.1 Å². The van der Waals surface area contributed by atoms with E-state index in [1.54, 1.807) is 0 Å². The standard InChI is InChI=1S/C31H48O7/c1-18-9-12-31(36-17-18)19(2)27-26(38-31)16-25(30(27,6)13-14-35-20(3)32)24-8-7-22-15-23(37-21(4)33)10-11-29(22,5)28(24)34/h18-19,22-27H,7-17H2,1-6H3/t18-,19+,22+,23+,24+,25+,26+,27+,29+,30+,31-/m1/s1. The summed E-state index contributed by atoms with van der Waals surface area (Å²) in [5, 5.41) is 0. The molecule has 0 N–H and O–H groups in total. The fourth-order valence-electron chi connectivity index (χ4n) is 9.50. The van der Waals surface area contributed by atoms with Crippen LogP contribution in [0, 0.1) is 46.3 Å². The van der Waals surface area contributed by atoms with Gasteiger partial charge in [0.05, 0.1) is 19.3 Å². The summed E-state index contributed by atoms with van der Waals surface area (Å²) in [7, 11) is 0. The van der Waals surface area contributed by atoms with Crippen molar-refractivity contribution in [3.63, 3.8) is 0 Å². The highest BCUT2D eigenvalue weighted by atomic mass is 16.7. The van der Waals surface area contributed by atoms with Gasteiger partial charge in [-0.05, 0) is 80.5 Å². The number of rotatable bonds is 5. The molecular formula is C31H48O7. The van der Waals surface area contributed by atoms with Crippen molar-refractivity contribution in [2.24, 2.45) is 46.3 Å². The first-order valence-electron chi connectivity index (χ1n) is 15.1. The second kappa shape index (κ2) is 10.2. The molecule has 0 unspecified atom stereocenters. The maximum atomic E-state index is 14.3. The van der Waals surface area contributed by atoms with Crippen LogP contribution in [0.4, 0.5) is 0 Å². The molecule has 0 bridgehead atoms. The van der Waals surface area contributed by atoms with Gasteiger partial charge in [-0.15, -0.1) is 0 Å². The van der Waals surface area contributed by atoms with Crippen molar-refractivity contribution in [3.05, 3.63) is 0 Å². The summed E-state index contributed by atoms with van der Waals surface area (Å²) in [5.74, 6) is 0.816. The Labute approximate surface area is 228 Å². The number of esters is 2. The van der Waals surface area contributed by atoms with Gasteiger partial charge in [0.25, 0.3) is 0 Å². The van der Waals surface area contributed by atoms with E-state index >= 15 is 0 Å². The molecule has 0 amide bonds. The summed E-state index contributed by atoms with van der Waals surface area (Å²) in [6.07, 6.45) is 7.76. The summed E-state index contributed by atoms with van der Waals surface area (Å²) in [5.41, 5.74) is -0.557. The van der Waals surface area contributed by atoms with Gasteiger partial charge in [0.1, 0.15) is 11.9 Å². The van der Waals surface area contributed by atoms with Gasteiger partial charge in [-0.2, -0.15) is 0 Å². The molecule has 5 fully saturated rings. The maximum Gasteiger partial charge on any atom is 0.302 e. The van der Waals surface area contributed by atoms with Gasteiger partial charge in [0.2, 0.25) is 0 Å². The van der Waals surface area contributed by atoms with Crippen LogP contribution in [0.2, 0.25) is 0 Å². The summed E-state index contributed by atoms with van der Waals surface area (Å²) >= 11 is 0. The van der Waals surface area contributed by atoms with E-state index < -0.39 is 5.79 Å². The SMILES string of the molecule is CC(=O)OCC[C@]1(C)[C@@H]2[C@H](C[C@H]1[C@@H]1CC[C@H]3C[C@@H](OC(C)=O)CC[C@]3(C)C1=O)O[C@]1(CC[C@@H](C)CO1)[C@H]2C. The van der Waals surface area contributed by atoms with Crippen LogP contribution in [0.1, 0.15) is 99.3 Å². The Bertz CT molecular complexity index is 939. The van der Waals surface area contributed by atoms with Gasteiger partial charge in [0.15, 0.2) is 5.79 Å². The molecule has 0 aromatic heterocycles. The molecule has 1 spiro atoms. The molecule has 5 aliphatic rings. The quantitative estimate of drug-likeness (QED) is 0.434. The predicted octanol–water partition coefficient (Wildman–Crippen LogP) is 5.48. The molecule has 0 aromatic rings. The predicted molar refractivity (Wildman–Crippen MR) is 141 cm³/mol. The summed E-state index contributed by atoms with van der Waals surface area (Å²) < 4.78 is 24.3. The first-order chi connectivity index (χ1) is 17.9. The second-order valence-electron chi connectivity index (χ2n) is 13.8. The van der Waals surface area contributed by atoms with E-state index in [-0.39, 0.29) is 64.6 Å². The number of ketones is 1. The summed E-state index contributed by atoms with van der Waals surface area (Å²) in [4.78, 5) is 37.6. The van der Waals surface area contributed by atoms with Crippen molar-refractivity contribution in [1.82, 2.24) is 0 Å². The fourth-order valence-corrected chi connectivity index (χ4v) is 9.50. The van der Waals surface area contributed by atoms with Crippen molar-refractivity contribution in [2.45, 2.75) is 117 Å². The second-order valence-corrected chi connectivity index (χ2v) is 13.8. The molecule has 2 saturated heterocycles. The Morgan fingerprint density at radius 2 is 1.76 bits per heavy atom. The van der Waals surface area contributed by atoms with E-state index in [1.807, 2.05) is 0 Å². The molecule has 5 rings (SSSR count). The molecule has 0 aromatic carbocycles. The average Bonchev–Trinajstić information content (AvgIpc) is 3.27. The zero-order valence-electron chi connectivity index (χ0n) is 24.3. The smallest absolute Gasteiger partial charge is 0.302 e. The van der Waals surface area contributed by atoms with E-state index in [1.165, 1.54) is 13.8 Å². The van der Waals surface area contributed by atoms with E-state index in [0.29, 0.717) is 18.3 Å².